The molecule has 4 nitrogen and oxygen atoms in total. The second kappa shape index (κ2) is 5.21. The Morgan fingerprint density at radius 3 is 3.06 bits per heavy atom. The zero-order chi connectivity index (χ0) is 12.3. The average molecular weight is 314 g/mol. The van der Waals surface area contributed by atoms with Crippen molar-refractivity contribution in [3.8, 4) is 12.1 Å². The van der Waals surface area contributed by atoms with Gasteiger partial charge in [0.2, 0.25) is 0 Å². The maximum Gasteiger partial charge on any atom is 0.317 e. The lowest BCUT2D eigenvalue weighted by Crippen LogP contribution is -1.98. The van der Waals surface area contributed by atoms with E-state index in [1.54, 1.807) is 6.07 Å². The molecular formula is C10H5BrFN3OS. The van der Waals surface area contributed by atoms with Gasteiger partial charge in [-0.1, -0.05) is 0 Å². The van der Waals surface area contributed by atoms with Crippen molar-refractivity contribution in [3.05, 3.63) is 38.5 Å². The topological polar surface area (TPSA) is 58.8 Å². The number of nitrogens with zero attached hydrogens (tertiary/aromatic N) is 3. The first-order valence-electron chi connectivity index (χ1n) is 4.48. The van der Waals surface area contributed by atoms with E-state index < -0.39 is 5.82 Å². The third-order valence-corrected chi connectivity index (χ3v) is 3.23. The summed E-state index contributed by atoms with van der Waals surface area (Å²) >= 11 is 4.23. The highest BCUT2D eigenvalue weighted by atomic mass is 79.9. The van der Waals surface area contributed by atoms with Crippen LogP contribution in [-0.4, -0.2) is 9.97 Å². The maximum atomic E-state index is 13.3. The fourth-order valence-electron chi connectivity index (χ4n) is 1.08. The van der Waals surface area contributed by atoms with Gasteiger partial charge in [-0.2, -0.15) is 10.2 Å². The minimum Gasteiger partial charge on any atom is -0.458 e. The van der Waals surface area contributed by atoms with Crippen LogP contribution in [0.2, 0.25) is 0 Å². The second-order valence-electron chi connectivity index (χ2n) is 2.94. The van der Waals surface area contributed by atoms with Crippen LogP contribution < -0.4 is 4.74 Å². The number of hydrogen-bond donors (Lipinski definition) is 0. The van der Waals surface area contributed by atoms with Gasteiger partial charge in [0, 0.05) is 12.3 Å². The molecule has 2 rings (SSSR count). The smallest absolute Gasteiger partial charge is 0.317 e. The summed E-state index contributed by atoms with van der Waals surface area (Å²) in [6, 6.07) is 4.88. The van der Waals surface area contributed by atoms with Gasteiger partial charge in [0.05, 0.1) is 4.88 Å². The van der Waals surface area contributed by atoms with Crippen molar-refractivity contribution in [2.45, 2.75) is 6.61 Å². The van der Waals surface area contributed by atoms with Crippen LogP contribution in [0.25, 0.3) is 0 Å². The number of ether oxygens (including phenoxy) is 1. The molecule has 86 valence electrons. The Hall–Kier alpha value is -1.52. The number of nitriles is 1. The van der Waals surface area contributed by atoms with E-state index >= 15 is 0 Å². The van der Waals surface area contributed by atoms with E-state index in [9.17, 15) is 4.39 Å². The molecule has 2 heterocycles. The summed E-state index contributed by atoms with van der Waals surface area (Å²) in [5.41, 5.74) is 0. The first kappa shape index (κ1) is 12.0. The van der Waals surface area contributed by atoms with Crippen LogP contribution in [-0.2, 0) is 6.61 Å². The van der Waals surface area contributed by atoms with Gasteiger partial charge in [-0.3, -0.25) is 0 Å². The summed E-state index contributed by atoms with van der Waals surface area (Å²) in [6.45, 7) is 0.00856. The zero-order valence-electron chi connectivity index (χ0n) is 8.35. The Balaban J connectivity index is 2.07. The molecule has 0 N–H and O–H groups in total. The lowest BCUT2D eigenvalue weighted by atomic mass is 10.4. The SMILES string of the molecule is N#Cc1cc(F)c(COc2nccc(Br)n2)s1. The number of hydrogen-bond acceptors (Lipinski definition) is 5. The molecule has 0 spiro atoms. The average Bonchev–Trinajstić information content (AvgIpc) is 2.68. The quantitative estimate of drug-likeness (QED) is 0.817. The first-order chi connectivity index (χ1) is 8.19. The van der Waals surface area contributed by atoms with E-state index in [1.165, 1.54) is 12.3 Å². The van der Waals surface area contributed by atoms with Crippen molar-refractivity contribution in [1.82, 2.24) is 9.97 Å². The molecule has 0 aliphatic rings. The van der Waals surface area contributed by atoms with Crippen molar-refractivity contribution in [2.24, 2.45) is 0 Å². The Morgan fingerprint density at radius 2 is 2.41 bits per heavy atom. The summed E-state index contributed by atoms with van der Waals surface area (Å²) in [6.07, 6.45) is 1.53. The van der Waals surface area contributed by atoms with Crippen LogP contribution in [0, 0.1) is 17.1 Å². The van der Waals surface area contributed by atoms with E-state index in [-0.39, 0.29) is 12.6 Å². The lowest BCUT2D eigenvalue weighted by molar-refractivity contribution is 0.278. The molecule has 2 aromatic heterocycles. The predicted octanol–water partition coefficient (Wildman–Crippen LogP) is 2.89. The van der Waals surface area contributed by atoms with Gasteiger partial charge in [0.25, 0.3) is 0 Å². The van der Waals surface area contributed by atoms with E-state index in [0.717, 1.165) is 11.3 Å². The monoisotopic (exact) mass is 313 g/mol. The second-order valence-corrected chi connectivity index (χ2v) is 4.89. The van der Waals surface area contributed by atoms with Crippen LogP contribution in [0.3, 0.4) is 0 Å². The minimum atomic E-state index is -0.443. The fourth-order valence-corrected chi connectivity index (χ4v) is 2.10. The number of aromatic nitrogens is 2. The molecule has 0 amide bonds. The highest BCUT2D eigenvalue weighted by molar-refractivity contribution is 9.10. The molecule has 0 fully saturated rings. The summed E-state index contributed by atoms with van der Waals surface area (Å²) in [7, 11) is 0. The van der Waals surface area contributed by atoms with Gasteiger partial charge in [-0.05, 0) is 22.0 Å². The normalized spacial score (nSPS) is 9.94. The zero-order valence-corrected chi connectivity index (χ0v) is 10.8. The molecule has 0 aliphatic carbocycles. The number of rotatable bonds is 3. The summed E-state index contributed by atoms with van der Waals surface area (Å²) in [5, 5.41) is 8.62. The molecule has 0 aromatic carbocycles. The molecule has 0 bridgehead atoms. The van der Waals surface area contributed by atoms with Crippen molar-refractivity contribution in [3.63, 3.8) is 0 Å². The first-order valence-corrected chi connectivity index (χ1v) is 6.09. The molecule has 17 heavy (non-hydrogen) atoms. The van der Waals surface area contributed by atoms with Crippen LogP contribution in [0.1, 0.15) is 9.75 Å². The number of thiophene rings is 1. The standard InChI is InChI=1S/C10H5BrFN3OS/c11-9-1-2-14-10(15-9)16-5-8-7(12)3-6(4-13)17-8/h1-3H,5H2. The van der Waals surface area contributed by atoms with Gasteiger partial charge in [0.1, 0.15) is 28.0 Å². The Morgan fingerprint density at radius 1 is 1.59 bits per heavy atom. The van der Waals surface area contributed by atoms with Crippen LogP contribution in [0.4, 0.5) is 4.39 Å². The molecule has 0 aliphatic heterocycles. The van der Waals surface area contributed by atoms with Gasteiger partial charge >= 0.3 is 6.01 Å². The van der Waals surface area contributed by atoms with Gasteiger partial charge in [-0.25, -0.2) is 9.37 Å². The Kier molecular flexibility index (Phi) is 3.66. The molecule has 0 unspecified atom stereocenters. The van der Waals surface area contributed by atoms with Crippen molar-refractivity contribution < 1.29 is 9.13 Å². The van der Waals surface area contributed by atoms with Gasteiger partial charge < -0.3 is 4.74 Å². The van der Waals surface area contributed by atoms with Crippen molar-refractivity contribution in [2.75, 3.05) is 0 Å². The highest BCUT2D eigenvalue weighted by Gasteiger charge is 2.10. The Labute approximate surface area is 109 Å². The third kappa shape index (κ3) is 2.99. The van der Waals surface area contributed by atoms with E-state index in [0.29, 0.717) is 14.4 Å². The third-order valence-electron chi connectivity index (χ3n) is 1.80. The van der Waals surface area contributed by atoms with Crippen LogP contribution >= 0.6 is 27.3 Å². The van der Waals surface area contributed by atoms with E-state index in [2.05, 4.69) is 25.9 Å². The lowest BCUT2D eigenvalue weighted by Gasteiger charge is -2.02. The molecule has 0 radical (unpaired) electrons. The summed E-state index contributed by atoms with van der Waals surface area (Å²) in [4.78, 5) is 8.48. The maximum absolute atomic E-state index is 13.3. The van der Waals surface area contributed by atoms with Crippen LogP contribution in [0.5, 0.6) is 6.01 Å². The van der Waals surface area contributed by atoms with E-state index in [4.69, 9.17) is 10.00 Å². The highest BCUT2D eigenvalue weighted by Crippen LogP contribution is 2.21. The van der Waals surface area contributed by atoms with Crippen molar-refractivity contribution in [1.29, 1.82) is 5.26 Å². The fraction of sp³-hybridized carbons (Fsp3) is 0.100. The van der Waals surface area contributed by atoms with Crippen LogP contribution in [0.15, 0.2) is 22.9 Å². The molecule has 7 heteroatoms. The molecule has 0 saturated carbocycles. The van der Waals surface area contributed by atoms with E-state index in [1.807, 2.05) is 6.07 Å². The van der Waals surface area contributed by atoms with Crippen molar-refractivity contribution >= 4 is 27.3 Å². The summed E-state index contributed by atoms with van der Waals surface area (Å²) in [5.74, 6) is -0.443. The summed E-state index contributed by atoms with van der Waals surface area (Å²) < 4.78 is 19.1. The number of halogens is 2. The molecule has 0 saturated heterocycles. The molecular weight excluding hydrogens is 309 g/mol. The Bertz CT molecular complexity index is 581. The predicted molar refractivity (Wildman–Crippen MR) is 63.1 cm³/mol. The van der Waals surface area contributed by atoms with Gasteiger partial charge in [0.15, 0.2) is 0 Å². The molecule has 2 aromatic rings. The largest absolute Gasteiger partial charge is 0.458 e. The minimum absolute atomic E-state index is 0.00856. The molecule has 0 atom stereocenters. The van der Waals surface area contributed by atoms with Gasteiger partial charge in [-0.15, -0.1) is 11.3 Å².